The predicted octanol–water partition coefficient (Wildman–Crippen LogP) is -1.18. The highest BCUT2D eigenvalue weighted by atomic mass is 16.3. The molecule has 1 heterocycles. The molecule has 4 aliphatic rings. The van der Waals surface area contributed by atoms with Gasteiger partial charge in [-0.05, 0) is 62.7 Å². The quantitative estimate of drug-likeness (QED) is 0.231. The molecule has 0 fully saturated rings. The number of phenols is 1. The van der Waals surface area contributed by atoms with Crippen molar-refractivity contribution in [1.82, 2.24) is 9.55 Å². The summed E-state index contributed by atoms with van der Waals surface area (Å²) in [6.45, 7) is 4.38. The minimum Gasteiger partial charge on any atom is -0.508 e. The van der Waals surface area contributed by atoms with Crippen LogP contribution in [-0.2, 0) is 10.8 Å². The third-order valence-corrected chi connectivity index (χ3v) is 13.4. The molecule has 0 bridgehead atoms. The highest BCUT2D eigenvalue weighted by Crippen LogP contribution is 2.65. The second-order valence-electron chi connectivity index (χ2n) is 16.6. The molecule has 1 N–H and O–H groups in total. The fraction of sp³-hybridized carbons (Fsp3) is 0.109. The molecule has 0 saturated carbocycles. The molecule has 2 unspecified atom stereocenters. The van der Waals surface area contributed by atoms with Gasteiger partial charge in [-0.1, -0.05) is 108 Å². The van der Waals surface area contributed by atoms with Crippen molar-refractivity contribution in [1.29, 1.82) is 0 Å². The highest BCUT2D eigenvalue weighted by molar-refractivity contribution is 6.68. The molecule has 6 aromatic rings. The summed E-state index contributed by atoms with van der Waals surface area (Å²) in [4.78, 5) is 5.18. The Balaban J connectivity index is 1.32. The van der Waals surface area contributed by atoms with E-state index in [1.807, 2.05) is 60.7 Å². The summed E-state index contributed by atoms with van der Waals surface area (Å²) < 4.78 is 1.79. The first kappa shape index (κ1) is 40.0. The molecule has 0 aliphatic heterocycles. The Morgan fingerprint density at radius 1 is 0.639 bits per heavy atom. The summed E-state index contributed by atoms with van der Waals surface area (Å²) in [6, 6.07) is 22.0. The van der Waals surface area contributed by atoms with E-state index in [0.717, 1.165) is 22.3 Å². The van der Waals surface area contributed by atoms with Crippen LogP contribution in [0, 0.1) is 5.92 Å². The molecule has 3 nitrogen and oxygen atoms in total. The lowest BCUT2D eigenvalue weighted by atomic mass is 9.45. The summed E-state index contributed by atoms with van der Waals surface area (Å²) in [5.41, 5.74) is 7.68. The van der Waals surface area contributed by atoms with Crippen LogP contribution in [0.3, 0.4) is 0 Å². The van der Waals surface area contributed by atoms with Crippen LogP contribution in [0.4, 0.5) is 0 Å². The van der Waals surface area contributed by atoms with E-state index in [9.17, 15) is 5.11 Å². The van der Waals surface area contributed by atoms with E-state index in [1.54, 1.807) is 4.57 Å². The van der Waals surface area contributed by atoms with Crippen LogP contribution in [0.2, 0.25) is 0 Å². The highest BCUT2D eigenvalue weighted by Gasteiger charge is 2.57. The summed E-state index contributed by atoms with van der Waals surface area (Å²) in [6.07, 6.45) is 5.69. The van der Waals surface area contributed by atoms with Gasteiger partial charge in [0, 0.05) is 33.6 Å². The number of aromatic hydroxyl groups is 1. The number of rotatable bonds is 4. The normalized spacial score (nSPS) is 19.7. The second-order valence-corrected chi connectivity index (χ2v) is 16.6. The minimum absolute atomic E-state index is 0.00733. The molecule has 258 valence electrons. The minimum atomic E-state index is -1.61. The van der Waals surface area contributed by atoms with Gasteiger partial charge >= 0.3 is 0 Å². The van der Waals surface area contributed by atoms with Crippen LogP contribution in [0.25, 0.3) is 39.0 Å². The number of hydrogen-bond acceptors (Lipinski definition) is 2. The van der Waals surface area contributed by atoms with E-state index in [2.05, 4.69) is 38.1 Å². The van der Waals surface area contributed by atoms with Gasteiger partial charge in [-0.2, -0.15) is 0 Å². The molecule has 4 aliphatic carbocycles. The zero-order valence-corrected chi connectivity index (χ0v) is 33.4. The van der Waals surface area contributed by atoms with Crippen molar-refractivity contribution in [2.75, 3.05) is 0 Å². The smallest absolute Gasteiger partial charge is 0.142 e. The van der Waals surface area contributed by atoms with Gasteiger partial charge in [-0.15, -0.1) is 38.3 Å². The van der Waals surface area contributed by atoms with Crippen LogP contribution in [-0.4, -0.2) is 109 Å². The van der Waals surface area contributed by atoms with Gasteiger partial charge in [0.25, 0.3) is 0 Å². The van der Waals surface area contributed by atoms with Gasteiger partial charge in [-0.25, -0.2) is 4.98 Å². The van der Waals surface area contributed by atoms with Crippen LogP contribution in [0.15, 0.2) is 112 Å². The Labute approximate surface area is 372 Å². The van der Waals surface area contributed by atoms with Crippen molar-refractivity contribution in [3.63, 3.8) is 0 Å². The summed E-state index contributed by atoms with van der Waals surface area (Å²) in [5, 5.41) is 12.5. The Kier molecular flexibility index (Phi) is 8.79. The van der Waals surface area contributed by atoms with Crippen molar-refractivity contribution >= 4 is 160 Å². The second kappa shape index (κ2) is 13.4. The summed E-state index contributed by atoms with van der Waals surface area (Å²) in [7, 11) is 81.4. The third-order valence-electron chi connectivity index (χ3n) is 13.4. The number of phenolic OH excluding ortho intramolecular Hbond substituents is 1. The maximum Gasteiger partial charge on any atom is 0.142 e. The largest absolute Gasteiger partial charge is 0.508 e. The van der Waals surface area contributed by atoms with Crippen molar-refractivity contribution < 1.29 is 5.11 Å². The lowest BCUT2D eigenvalue weighted by Gasteiger charge is -2.47. The fourth-order valence-electron chi connectivity index (χ4n) is 10.4. The first-order chi connectivity index (χ1) is 29.0. The van der Waals surface area contributed by atoms with E-state index in [0.29, 0.717) is 39.1 Å². The summed E-state index contributed by atoms with van der Waals surface area (Å²) >= 11 is 0. The lowest BCUT2D eigenvalue weighted by Crippen LogP contribution is -2.56. The number of imidazole rings is 1. The Bertz CT molecular complexity index is 3200. The van der Waals surface area contributed by atoms with Gasteiger partial charge in [0.05, 0.1) is 11.0 Å². The maximum absolute atomic E-state index is 12.5. The average Bonchev–Trinajstić information content (AvgIpc) is 4.02. The predicted molar refractivity (Wildman–Crippen MR) is 262 cm³/mol. The number of hydrogen-bond donors (Lipinski definition) is 1. The standard InChI is InChI=1S/C46H22B12N2O/c1-45(2)21-10-4-3-8-18(21)19-15-14-17(16-23(19)45)26-27-29(42(61)39(56)32(49)30(27)47)46(28(26)31(48)33(50)40(57)43(46)58)22-11-7-9-20(22)44-59-24-12-5-6-13-25(24)60(44)41-37(54)35(52)34(51)36(53)38(41)55/h3-16,22,61H,1-2H3. The van der Waals surface area contributed by atoms with Crippen molar-refractivity contribution in [2.45, 2.75) is 24.7 Å². The van der Waals surface area contributed by atoms with Crippen LogP contribution < -0.4 is 43.7 Å². The number of aromatic nitrogens is 2. The van der Waals surface area contributed by atoms with E-state index < -0.39 is 11.3 Å². The first-order valence-corrected chi connectivity index (χ1v) is 19.6. The number of nitrogens with zero attached hydrogens (tertiary/aromatic N) is 2. The first-order valence-electron chi connectivity index (χ1n) is 19.6. The van der Waals surface area contributed by atoms with Crippen molar-refractivity contribution in [3.05, 3.63) is 146 Å². The SMILES string of the molecule is [B]C1=C([B])C2=C(c3ccc4c(c3)C(C)(C)c3ccccc3-4)c3c([B])c([B])c([B])c(O)c3C2(C2C=CC=C2c2nc3ccccc3n2-c2c([B])c([B])c([B])c([B])c2[B])C([B])=C1[B]. The van der Waals surface area contributed by atoms with Gasteiger partial charge in [0.15, 0.2) is 0 Å². The molecule has 24 radical (unpaired) electrons. The number of fused-ring (bicyclic) bond motifs is 7. The van der Waals surface area contributed by atoms with Crippen molar-refractivity contribution in [2.24, 2.45) is 5.92 Å². The maximum atomic E-state index is 12.5. The third kappa shape index (κ3) is 4.95. The topological polar surface area (TPSA) is 38.1 Å². The summed E-state index contributed by atoms with van der Waals surface area (Å²) in [5.74, 6) is -0.774. The van der Waals surface area contributed by atoms with Gasteiger partial charge in [-0.3, -0.25) is 4.57 Å². The zero-order valence-electron chi connectivity index (χ0n) is 33.4. The van der Waals surface area contributed by atoms with Gasteiger partial charge < -0.3 is 5.11 Å². The molecule has 10 rings (SSSR count). The van der Waals surface area contributed by atoms with E-state index >= 15 is 0 Å². The fourth-order valence-corrected chi connectivity index (χ4v) is 10.4. The molecular formula is C46H22B12N2O. The Morgan fingerprint density at radius 3 is 1.98 bits per heavy atom. The molecular weight excluding hydrogens is 726 g/mol. The number of para-hydroxylation sites is 2. The van der Waals surface area contributed by atoms with E-state index in [4.69, 9.17) is 99.1 Å². The van der Waals surface area contributed by atoms with Crippen LogP contribution in [0.5, 0.6) is 5.75 Å². The number of benzene rings is 5. The average molecular weight is 748 g/mol. The van der Waals surface area contributed by atoms with Gasteiger partial charge in [0.2, 0.25) is 0 Å². The molecule has 1 aromatic heterocycles. The van der Waals surface area contributed by atoms with Gasteiger partial charge in [0.1, 0.15) is 106 Å². The van der Waals surface area contributed by atoms with Crippen LogP contribution in [0.1, 0.15) is 47.5 Å². The van der Waals surface area contributed by atoms with E-state index in [-0.39, 0.29) is 88.0 Å². The van der Waals surface area contributed by atoms with Crippen LogP contribution >= 0.6 is 0 Å². The Morgan fingerprint density at radius 2 is 1.26 bits per heavy atom. The molecule has 0 amide bonds. The Hall–Kier alpha value is -5.15. The molecule has 15 heteroatoms. The monoisotopic (exact) mass is 750 g/mol. The molecule has 0 saturated heterocycles. The molecule has 61 heavy (non-hydrogen) atoms. The molecule has 5 aromatic carbocycles. The lowest BCUT2D eigenvalue weighted by molar-refractivity contribution is 0.448. The van der Waals surface area contributed by atoms with Crippen molar-refractivity contribution in [3.8, 4) is 22.6 Å². The van der Waals surface area contributed by atoms with E-state index in [1.165, 1.54) is 5.56 Å². The number of allylic oxidation sites excluding steroid dienone is 9. The zero-order chi connectivity index (χ0) is 43.3. The molecule has 0 spiro atoms. The molecule has 2 atom stereocenters.